The highest BCUT2D eigenvalue weighted by molar-refractivity contribution is 5.64. The van der Waals surface area contributed by atoms with Crippen LogP contribution < -0.4 is 5.73 Å². The second kappa shape index (κ2) is 4.85. The van der Waals surface area contributed by atoms with E-state index in [4.69, 9.17) is 5.73 Å². The van der Waals surface area contributed by atoms with Crippen LogP contribution in [0.3, 0.4) is 0 Å². The van der Waals surface area contributed by atoms with Crippen LogP contribution in [-0.4, -0.2) is 14.6 Å². The van der Waals surface area contributed by atoms with Crippen molar-refractivity contribution in [1.29, 1.82) is 0 Å². The molecule has 1 aromatic carbocycles. The monoisotopic (exact) mass is 292 g/mol. The number of hydrogen-bond acceptors (Lipinski definition) is 3. The summed E-state index contributed by atoms with van der Waals surface area (Å²) in [6.07, 6.45) is -4.46. The van der Waals surface area contributed by atoms with Gasteiger partial charge in [-0.15, -0.1) is 10.2 Å². The van der Waals surface area contributed by atoms with Crippen molar-refractivity contribution >= 4 is 5.65 Å². The van der Waals surface area contributed by atoms with Gasteiger partial charge in [0.05, 0.1) is 5.56 Å². The van der Waals surface area contributed by atoms with Crippen LogP contribution in [0.25, 0.3) is 17.0 Å². The number of pyridine rings is 1. The molecule has 0 aliphatic carbocycles. The molecule has 0 radical (unpaired) electrons. The molecular weight excluding hydrogens is 281 g/mol. The zero-order chi connectivity index (χ0) is 15.0. The highest BCUT2D eigenvalue weighted by Gasteiger charge is 2.34. The van der Waals surface area contributed by atoms with Crippen LogP contribution in [0.4, 0.5) is 13.2 Å². The second-order valence-electron chi connectivity index (χ2n) is 4.48. The molecule has 0 unspecified atom stereocenters. The molecule has 3 rings (SSSR count). The largest absolute Gasteiger partial charge is 0.417 e. The van der Waals surface area contributed by atoms with Crippen LogP contribution in [0.5, 0.6) is 0 Å². The predicted octanol–water partition coefficient (Wildman–Crippen LogP) is 2.87. The number of hydrogen-bond donors (Lipinski definition) is 1. The minimum atomic E-state index is -4.46. The first kappa shape index (κ1) is 13.6. The number of halogens is 3. The molecule has 0 aliphatic heterocycles. The molecule has 2 aromatic heterocycles. The number of benzene rings is 1. The molecule has 0 saturated carbocycles. The van der Waals surface area contributed by atoms with Gasteiger partial charge in [-0.1, -0.05) is 24.3 Å². The topological polar surface area (TPSA) is 56.2 Å². The number of rotatable bonds is 2. The molecular formula is C14H11F3N4. The highest BCUT2D eigenvalue weighted by Crippen LogP contribution is 2.36. The first-order valence-corrected chi connectivity index (χ1v) is 6.22. The Morgan fingerprint density at radius 1 is 1.00 bits per heavy atom. The van der Waals surface area contributed by atoms with Gasteiger partial charge in [0.2, 0.25) is 0 Å². The van der Waals surface area contributed by atoms with Crippen LogP contribution in [0.15, 0.2) is 42.5 Å². The summed E-state index contributed by atoms with van der Waals surface area (Å²) in [4.78, 5) is 0. The van der Waals surface area contributed by atoms with Crippen molar-refractivity contribution in [2.24, 2.45) is 5.73 Å². The number of nitrogens with two attached hydrogens (primary N) is 1. The molecule has 0 saturated heterocycles. The van der Waals surface area contributed by atoms with Crippen molar-refractivity contribution < 1.29 is 13.2 Å². The number of aromatic nitrogens is 3. The molecule has 4 nitrogen and oxygen atoms in total. The SMILES string of the molecule is NCc1cccc2nnc(-c3ccccc3C(F)(F)F)n12. The zero-order valence-electron chi connectivity index (χ0n) is 10.8. The van der Waals surface area contributed by atoms with Crippen LogP contribution in [0.2, 0.25) is 0 Å². The van der Waals surface area contributed by atoms with Gasteiger partial charge in [0.1, 0.15) is 0 Å². The van der Waals surface area contributed by atoms with Gasteiger partial charge in [0.25, 0.3) is 0 Å². The van der Waals surface area contributed by atoms with Crippen molar-refractivity contribution in [1.82, 2.24) is 14.6 Å². The number of fused-ring (bicyclic) bond motifs is 1. The fraction of sp³-hybridized carbons (Fsp3) is 0.143. The predicted molar refractivity (Wildman–Crippen MR) is 71.3 cm³/mol. The molecule has 0 bridgehead atoms. The molecule has 21 heavy (non-hydrogen) atoms. The standard InChI is InChI=1S/C14H11F3N4/c15-14(16,17)11-6-2-1-5-10(11)13-20-19-12-7-3-4-9(8-18)21(12)13/h1-7H,8,18H2. The molecule has 2 N–H and O–H groups in total. The summed E-state index contributed by atoms with van der Waals surface area (Å²) < 4.78 is 41.0. The Labute approximate surface area is 118 Å². The maximum absolute atomic E-state index is 13.1. The van der Waals surface area contributed by atoms with Crippen LogP contribution >= 0.6 is 0 Å². The molecule has 3 aromatic rings. The van der Waals surface area contributed by atoms with E-state index in [1.807, 2.05) is 0 Å². The quantitative estimate of drug-likeness (QED) is 0.790. The lowest BCUT2D eigenvalue weighted by molar-refractivity contribution is -0.137. The van der Waals surface area contributed by atoms with Gasteiger partial charge < -0.3 is 5.73 Å². The van der Waals surface area contributed by atoms with Crippen molar-refractivity contribution in [2.45, 2.75) is 12.7 Å². The van der Waals surface area contributed by atoms with E-state index in [9.17, 15) is 13.2 Å². The lowest BCUT2D eigenvalue weighted by Crippen LogP contribution is -2.09. The third-order valence-electron chi connectivity index (χ3n) is 3.19. The Kier molecular flexibility index (Phi) is 3.13. The number of alkyl halides is 3. The minimum absolute atomic E-state index is 0.0154. The fourth-order valence-electron chi connectivity index (χ4n) is 2.27. The normalized spacial score (nSPS) is 12.0. The summed E-state index contributed by atoms with van der Waals surface area (Å²) in [6, 6.07) is 10.4. The molecule has 0 spiro atoms. The first-order valence-electron chi connectivity index (χ1n) is 6.22. The Morgan fingerprint density at radius 2 is 1.76 bits per heavy atom. The molecule has 0 fully saturated rings. The molecule has 2 heterocycles. The van der Waals surface area contributed by atoms with E-state index in [1.165, 1.54) is 18.2 Å². The average molecular weight is 292 g/mol. The van der Waals surface area contributed by atoms with Gasteiger partial charge in [-0.3, -0.25) is 4.40 Å². The van der Waals surface area contributed by atoms with E-state index in [1.54, 1.807) is 22.6 Å². The van der Waals surface area contributed by atoms with Crippen LogP contribution in [0.1, 0.15) is 11.3 Å². The molecule has 7 heteroatoms. The summed E-state index contributed by atoms with van der Waals surface area (Å²) in [5.41, 5.74) is 5.99. The fourth-order valence-corrected chi connectivity index (χ4v) is 2.27. The summed E-state index contributed by atoms with van der Waals surface area (Å²) in [5, 5.41) is 7.82. The maximum atomic E-state index is 13.1. The molecule has 108 valence electrons. The smallest absolute Gasteiger partial charge is 0.325 e. The molecule has 0 atom stereocenters. The van der Waals surface area contributed by atoms with Crippen molar-refractivity contribution in [3.8, 4) is 11.4 Å². The van der Waals surface area contributed by atoms with E-state index in [0.29, 0.717) is 11.3 Å². The molecule has 0 amide bonds. The van der Waals surface area contributed by atoms with Crippen LogP contribution in [0, 0.1) is 0 Å². The third kappa shape index (κ3) is 2.25. The molecule has 0 aliphatic rings. The maximum Gasteiger partial charge on any atom is 0.417 e. The lowest BCUT2D eigenvalue weighted by atomic mass is 10.1. The van der Waals surface area contributed by atoms with E-state index in [2.05, 4.69) is 10.2 Å². The average Bonchev–Trinajstić information content (AvgIpc) is 2.90. The third-order valence-corrected chi connectivity index (χ3v) is 3.19. The van der Waals surface area contributed by atoms with Gasteiger partial charge in [-0.05, 0) is 18.2 Å². The van der Waals surface area contributed by atoms with E-state index in [0.717, 1.165) is 6.07 Å². The van der Waals surface area contributed by atoms with E-state index < -0.39 is 11.7 Å². The van der Waals surface area contributed by atoms with Crippen molar-refractivity contribution in [2.75, 3.05) is 0 Å². The van der Waals surface area contributed by atoms with Gasteiger partial charge in [-0.25, -0.2) is 0 Å². The Balaban J connectivity index is 2.32. The minimum Gasteiger partial charge on any atom is -0.325 e. The van der Waals surface area contributed by atoms with E-state index in [-0.39, 0.29) is 17.9 Å². The lowest BCUT2D eigenvalue weighted by Gasteiger charge is -2.12. The van der Waals surface area contributed by atoms with Crippen molar-refractivity contribution in [3.05, 3.63) is 53.7 Å². The summed E-state index contributed by atoms with van der Waals surface area (Å²) in [7, 11) is 0. The summed E-state index contributed by atoms with van der Waals surface area (Å²) in [5.74, 6) is 0.138. The van der Waals surface area contributed by atoms with E-state index >= 15 is 0 Å². The summed E-state index contributed by atoms with van der Waals surface area (Å²) >= 11 is 0. The highest BCUT2D eigenvalue weighted by atomic mass is 19.4. The van der Waals surface area contributed by atoms with Crippen molar-refractivity contribution in [3.63, 3.8) is 0 Å². The Hall–Kier alpha value is -2.41. The van der Waals surface area contributed by atoms with Gasteiger partial charge in [-0.2, -0.15) is 13.2 Å². The first-order chi connectivity index (χ1) is 10.0. The Morgan fingerprint density at radius 3 is 2.48 bits per heavy atom. The van der Waals surface area contributed by atoms with Gasteiger partial charge in [0.15, 0.2) is 11.5 Å². The second-order valence-corrected chi connectivity index (χ2v) is 4.48. The zero-order valence-corrected chi connectivity index (χ0v) is 10.8. The van der Waals surface area contributed by atoms with Gasteiger partial charge in [0, 0.05) is 17.8 Å². The Bertz CT molecular complexity index is 792. The number of nitrogens with zero attached hydrogens (tertiary/aromatic N) is 3. The van der Waals surface area contributed by atoms with Gasteiger partial charge >= 0.3 is 6.18 Å². The summed E-state index contributed by atoms with van der Waals surface area (Å²) in [6.45, 7) is 0.177. The van der Waals surface area contributed by atoms with Crippen LogP contribution in [-0.2, 0) is 12.7 Å².